The van der Waals surface area contributed by atoms with E-state index in [2.05, 4.69) is 0 Å². The lowest BCUT2D eigenvalue weighted by Gasteiger charge is -2.26. The number of hydrogen-bond acceptors (Lipinski definition) is 3. The summed E-state index contributed by atoms with van der Waals surface area (Å²) in [5.41, 5.74) is 1.33. The van der Waals surface area contributed by atoms with Gasteiger partial charge in [-0.2, -0.15) is 0 Å². The predicted molar refractivity (Wildman–Crippen MR) is 79.0 cm³/mol. The lowest BCUT2D eigenvalue weighted by atomic mass is 10.1. The van der Waals surface area contributed by atoms with Crippen molar-refractivity contribution in [2.75, 3.05) is 13.7 Å². The van der Waals surface area contributed by atoms with E-state index in [1.54, 1.807) is 36.2 Å². The molecule has 0 aliphatic carbocycles. The van der Waals surface area contributed by atoms with Gasteiger partial charge >= 0.3 is 5.97 Å². The molecule has 112 valence electrons. The fraction of sp³-hybridized carbons (Fsp3) is 0.375. The average Bonchev–Trinajstić information content (AvgIpc) is 2.90. The minimum atomic E-state index is -0.995. The lowest BCUT2D eigenvalue weighted by Crippen LogP contribution is -2.40. The second kappa shape index (κ2) is 6.54. The normalized spacial score (nSPS) is 21.6. The van der Waals surface area contributed by atoms with E-state index in [-0.39, 0.29) is 18.1 Å². The Morgan fingerprint density at radius 1 is 1.33 bits per heavy atom. The summed E-state index contributed by atoms with van der Waals surface area (Å²) in [6.07, 6.45) is 3.47. The zero-order valence-corrected chi connectivity index (χ0v) is 12.2. The maximum absolute atomic E-state index is 12.4. The number of carbonyl (C=O) groups excluding carboxylic acids is 1. The summed E-state index contributed by atoms with van der Waals surface area (Å²) < 4.78 is 5.49. The molecule has 0 spiro atoms. The number of likely N-dealkylation sites (N-methyl/N-ethyl adjacent to an activating group) is 1. The summed E-state index contributed by atoms with van der Waals surface area (Å²) >= 11 is 0. The fourth-order valence-corrected chi connectivity index (χ4v) is 2.49. The first-order valence-electron chi connectivity index (χ1n) is 6.89. The number of rotatable bonds is 4. The SMILES string of the molecule is CC1OCCC1N(C)C(=O)c1ccc(/C=C/C(=O)O)cc1. The van der Waals surface area contributed by atoms with Gasteiger partial charge in [0, 0.05) is 25.3 Å². The number of benzene rings is 1. The Hall–Kier alpha value is -2.14. The van der Waals surface area contributed by atoms with E-state index in [4.69, 9.17) is 9.84 Å². The zero-order valence-electron chi connectivity index (χ0n) is 12.2. The molecule has 1 aliphatic rings. The van der Waals surface area contributed by atoms with Gasteiger partial charge in [0.2, 0.25) is 0 Å². The van der Waals surface area contributed by atoms with Crippen LogP contribution in [0.2, 0.25) is 0 Å². The molecular formula is C16H19NO4. The third kappa shape index (κ3) is 3.70. The van der Waals surface area contributed by atoms with Crippen molar-refractivity contribution in [3.63, 3.8) is 0 Å². The molecule has 2 atom stereocenters. The number of nitrogens with zero attached hydrogens (tertiary/aromatic N) is 1. The summed E-state index contributed by atoms with van der Waals surface area (Å²) in [5, 5.41) is 8.58. The first kappa shape index (κ1) is 15.3. The Bertz CT molecular complexity index is 550. The summed E-state index contributed by atoms with van der Waals surface area (Å²) in [6.45, 7) is 2.66. The number of carboxylic acids is 1. The molecule has 1 saturated heterocycles. The quantitative estimate of drug-likeness (QED) is 0.861. The fourth-order valence-electron chi connectivity index (χ4n) is 2.49. The summed E-state index contributed by atoms with van der Waals surface area (Å²) in [4.78, 5) is 24.6. The monoisotopic (exact) mass is 289 g/mol. The predicted octanol–water partition coefficient (Wildman–Crippen LogP) is 2.03. The maximum atomic E-state index is 12.4. The molecule has 2 rings (SSSR count). The molecule has 2 unspecified atom stereocenters. The van der Waals surface area contributed by atoms with Crippen molar-refractivity contribution in [3.8, 4) is 0 Å². The van der Waals surface area contributed by atoms with Gasteiger partial charge in [-0.25, -0.2) is 4.79 Å². The van der Waals surface area contributed by atoms with Crippen molar-refractivity contribution in [3.05, 3.63) is 41.5 Å². The van der Waals surface area contributed by atoms with Gasteiger partial charge in [-0.15, -0.1) is 0 Å². The van der Waals surface area contributed by atoms with Crippen molar-refractivity contribution in [2.45, 2.75) is 25.5 Å². The van der Waals surface area contributed by atoms with Crippen LogP contribution in [-0.2, 0) is 9.53 Å². The molecule has 5 nitrogen and oxygen atoms in total. The maximum Gasteiger partial charge on any atom is 0.328 e. The van der Waals surface area contributed by atoms with Gasteiger partial charge in [0.15, 0.2) is 0 Å². The number of ether oxygens (including phenoxy) is 1. The largest absolute Gasteiger partial charge is 0.478 e. The molecule has 1 fully saturated rings. The van der Waals surface area contributed by atoms with E-state index in [0.29, 0.717) is 12.2 Å². The second-order valence-corrected chi connectivity index (χ2v) is 5.14. The van der Waals surface area contributed by atoms with Gasteiger partial charge in [-0.05, 0) is 37.1 Å². The van der Waals surface area contributed by atoms with Crippen molar-refractivity contribution >= 4 is 18.0 Å². The zero-order chi connectivity index (χ0) is 15.4. The van der Waals surface area contributed by atoms with Crippen molar-refractivity contribution in [1.82, 2.24) is 4.90 Å². The Labute approximate surface area is 123 Å². The molecule has 1 aromatic rings. The van der Waals surface area contributed by atoms with Gasteiger partial charge < -0.3 is 14.7 Å². The Morgan fingerprint density at radius 3 is 2.52 bits per heavy atom. The van der Waals surface area contributed by atoms with Crippen LogP contribution in [-0.4, -0.2) is 47.7 Å². The first-order chi connectivity index (χ1) is 9.99. The van der Waals surface area contributed by atoms with Crippen molar-refractivity contribution in [2.24, 2.45) is 0 Å². The highest BCUT2D eigenvalue weighted by Crippen LogP contribution is 2.20. The molecule has 21 heavy (non-hydrogen) atoms. The van der Waals surface area contributed by atoms with E-state index >= 15 is 0 Å². The number of hydrogen-bond donors (Lipinski definition) is 1. The molecule has 1 aromatic carbocycles. The van der Waals surface area contributed by atoms with Gasteiger partial charge in [0.25, 0.3) is 5.91 Å². The molecule has 1 amide bonds. The van der Waals surface area contributed by atoms with E-state index < -0.39 is 5.97 Å². The highest BCUT2D eigenvalue weighted by molar-refractivity contribution is 5.94. The van der Waals surface area contributed by atoms with Crippen LogP contribution in [0.4, 0.5) is 0 Å². The van der Waals surface area contributed by atoms with Crippen LogP contribution in [0.25, 0.3) is 6.08 Å². The highest BCUT2D eigenvalue weighted by Gasteiger charge is 2.30. The van der Waals surface area contributed by atoms with Crippen LogP contribution < -0.4 is 0 Å². The number of carboxylic acid groups (broad SMARTS) is 1. The molecule has 0 aromatic heterocycles. The lowest BCUT2D eigenvalue weighted by molar-refractivity contribution is -0.131. The summed E-state index contributed by atoms with van der Waals surface area (Å²) in [6, 6.07) is 6.98. The third-order valence-corrected chi connectivity index (χ3v) is 3.73. The minimum absolute atomic E-state index is 0.0499. The van der Waals surface area contributed by atoms with E-state index in [1.165, 1.54) is 6.08 Å². The first-order valence-corrected chi connectivity index (χ1v) is 6.89. The molecule has 1 aliphatic heterocycles. The van der Waals surface area contributed by atoms with Crippen LogP contribution in [0.3, 0.4) is 0 Å². The molecule has 0 saturated carbocycles. The van der Waals surface area contributed by atoms with Gasteiger partial charge in [-0.3, -0.25) is 4.79 Å². The summed E-state index contributed by atoms with van der Waals surface area (Å²) in [5.74, 6) is -1.05. The van der Waals surface area contributed by atoms with Crippen LogP contribution in [0.15, 0.2) is 30.3 Å². The average molecular weight is 289 g/mol. The number of amides is 1. The molecule has 1 heterocycles. The number of aliphatic carboxylic acids is 1. The molecule has 1 N–H and O–H groups in total. The van der Waals surface area contributed by atoms with Crippen LogP contribution in [0.5, 0.6) is 0 Å². The highest BCUT2D eigenvalue weighted by atomic mass is 16.5. The second-order valence-electron chi connectivity index (χ2n) is 5.14. The smallest absolute Gasteiger partial charge is 0.328 e. The van der Waals surface area contributed by atoms with Crippen molar-refractivity contribution < 1.29 is 19.4 Å². The Balaban J connectivity index is 2.07. The Kier molecular flexibility index (Phi) is 4.75. The van der Waals surface area contributed by atoms with E-state index in [0.717, 1.165) is 18.1 Å². The van der Waals surface area contributed by atoms with E-state index in [9.17, 15) is 9.59 Å². The van der Waals surface area contributed by atoms with Crippen LogP contribution in [0, 0.1) is 0 Å². The summed E-state index contributed by atoms with van der Waals surface area (Å²) in [7, 11) is 1.79. The van der Waals surface area contributed by atoms with Gasteiger partial charge in [-0.1, -0.05) is 12.1 Å². The molecule has 5 heteroatoms. The standard InChI is InChI=1S/C16H19NO4/c1-11-14(9-10-21-11)17(2)16(20)13-6-3-12(4-7-13)5-8-15(18)19/h3-8,11,14H,9-10H2,1-2H3,(H,18,19)/b8-5+. The molecule has 0 bridgehead atoms. The third-order valence-electron chi connectivity index (χ3n) is 3.73. The number of carbonyl (C=O) groups is 2. The van der Waals surface area contributed by atoms with Gasteiger partial charge in [0.1, 0.15) is 0 Å². The topological polar surface area (TPSA) is 66.8 Å². The van der Waals surface area contributed by atoms with Crippen molar-refractivity contribution in [1.29, 1.82) is 0 Å². The van der Waals surface area contributed by atoms with Crippen LogP contribution >= 0.6 is 0 Å². The molecular weight excluding hydrogens is 270 g/mol. The molecule has 0 radical (unpaired) electrons. The van der Waals surface area contributed by atoms with Gasteiger partial charge in [0.05, 0.1) is 12.1 Å². The Morgan fingerprint density at radius 2 is 2.00 bits per heavy atom. The minimum Gasteiger partial charge on any atom is -0.478 e. The van der Waals surface area contributed by atoms with Crippen LogP contribution in [0.1, 0.15) is 29.3 Å². The van der Waals surface area contributed by atoms with E-state index in [1.807, 2.05) is 6.92 Å².